The van der Waals surface area contributed by atoms with Crippen molar-refractivity contribution in [2.24, 2.45) is 5.92 Å². The molecule has 0 saturated carbocycles. The van der Waals surface area contributed by atoms with Gasteiger partial charge in [-0.1, -0.05) is 18.5 Å². The van der Waals surface area contributed by atoms with Gasteiger partial charge in [0.15, 0.2) is 5.75 Å². The number of carbonyl (C=O) groups excluding carboxylic acids is 2. The minimum atomic E-state index is -1.62. The highest BCUT2D eigenvalue weighted by Gasteiger charge is 2.60. The van der Waals surface area contributed by atoms with Gasteiger partial charge in [-0.15, -0.1) is 0 Å². The van der Waals surface area contributed by atoms with Crippen LogP contribution in [0.2, 0.25) is 5.02 Å². The highest BCUT2D eigenvalue weighted by Crippen LogP contribution is 2.52. The van der Waals surface area contributed by atoms with E-state index in [1.54, 1.807) is 0 Å². The molecule has 1 aromatic rings. The van der Waals surface area contributed by atoms with E-state index >= 15 is 0 Å². The second-order valence-electron chi connectivity index (χ2n) is 7.69. The van der Waals surface area contributed by atoms with Gasteiger partial charge in [-0.2, -0.15) is 0 Å². The van der Waals surface area contributed by atoms with E-state index in [4.69, 9.17) is 25.8 Å². The summed E-state index contributed by atoms with van der Waals surface area (Å²) in [7, 11) is 6.95. The van der Waals surface area contributed by atoms with Crippen molar-refractivity contribution >= 4 is 23.2 Å². The third-order valence-corrected chi connectivity index (χ3v) is 5.80. The molecule has 2 aliphatic rings. The van der Waals surface area contributed by atoms with Crippen LogP contribution in [0.3, 0.4) is 0 Å². The maximum atomic E-state index is 13.4. The van der Waals surface area contributed by atoms with E-state index in [1.807, 2.05) is 21.0 Å². The lowest BCUT2D eigenvalue weighted by molar-refractivity contribution is -0.129. The average molecular weight is 423 g/mol. The van der Waals surface area contributed by atoms with E-state index in [1.165, 1.54) is 26.4 Å². The molecule has 8 heteroatoms. The SMILES string of the molecule is COc1cc(OC)c2c(c1Cl)OC1(C(=O)C=C(NCCCN(C)C)CC1C)C2=O. The lowest BCUT2D eigenvalue weighted by atomic mass is 9.74. The first-order chi connectivity index (χ1) is 13.8. The molecule has 1 aromatic carbocycles. The number of hydrogen-bond acceptors (Lipinski definition) is 7. The normalized spacial score (nSPS) is 23.1. The van der Waals surface area contributed by atoms with Crippen molar-refractivity contribution < 1.29 is 23.8 Å². The van der Waals surface area contributed by atoms with Crippen LogP contribution < -0.4 is 19.5 Å². The third-order valence-electron chi connectivity index (χ3n) is 5.44. The van der Waals surface area contributed by atoms with Gasteiger partial charge in [0.2, 0.25) is 17.2 Å². The predicted molar refractivity (Wildman–Crippen MR) is 110 cm³/mol. The summed E-state index contributed by atoms with van der Waals surface area (Å²) in [5.74, 6) is -0.438. The largest absolute Gasteiger partial charge is 0.496 e. The second kappa shape index (κ2) is 8.24. The summed E-state index contributed by atoms with van der Waals surface area (Å²) < 4.78 is 16.6. The molecule has 0 amide bonds. The fraction of sp³-hybridized carbons (Fsp3) is 0.524. The molecular formula is C21H27ClN2O5. The number of fused-ring (bicyclic) bond motifs is 1. The predicted octanol–water partition coefficient (Wildman–Crippen LogP) is 2.71. The minimum Gasteiger partial charge on any atom is -0.496 e. The molecule has 158 valence electrons. The smallest absolute Gasteiger partial charge is 0.236 e. The molecule has 0 bridgehead atoms. The molecule has 1 spiro atoms. The summed E-state index contributed by atoms with van der Waals surface area (Å²) in [6.07, 6.45) is 2.95. The zero-order valence-electron chi connectivity index (χ0n) is 17.4. The molecule has 29 heavy (non-hydrogen) atoms. The van der Waals surface area contributed by atoms with E-state index < -0.39 is 11.4 Å². The van der Waals surface area contributed by atoms with Crippen molar-refractivity contribution in [1.29, 1.82) is 0 Å². The molecule has 1 N–H and O–H groups in total. The molecule has 1 aliphatic carbocycles. The van der Waals surface area contributed by atoms with Gasteiger partial charge in [-0.25, -0.2) is 0 Å². The Balaban J connectivity index is 1.90. The van der Waals surface area contributed by atoms with Crippen LogP contribution in [0.1, 0.15) is 30.1 Å². The Labute approximate surface area is 175 Å². The van der Waals surface area contributed by atoms with Crippen LogP contribution in [0.4, 0.5) is 0 Å². The monoisotopic (exact) mass is 422 g/mol. The molecule has 0 radical (unpaired) electrons. The van der Waals surface area contributed by atoms with Crippen LogP contribution in [0.25, 0.3) is 0 Å². The van der Waals surface area contributed by atoms with Gasteiger partial charge in [0.1, 0.15) is 22.1 Å². The summed E-state index contributed by atoms with van der Waals surface area (Å²) >= 11 is 6.38. The molecule has 2 unspecified atom stereocenters. The Hall–Kier alpha value is -2.25. The Morgan fingerprint density at radius 2 is 1.97 bits per heavy atom. The zero-order valence-corrected chi connectivity index (χ0v) is 18.2. The van der Waals surface area contributed by atoms with Crippen LogP contribution in [0.15, 0.2) is 17.8 Å². The van der Waals surface area contributed by atoms with Gasteiger partial charge in [-0.05, 0) is 33.5 Å². The van der Waals surface area contributed by atoms with Crippen molar-refractivity contribution in [3.05, 3.63) is 28.4 Å². The van der Waals surface area contributed by atoms with Gasteiger partial charge in [0.25, 0.3) is 0 Å². The average Bonchev–Trinajstić information content (AvgIpc) is 2.99. The van der Waals surface area contributed by atoms with Crippen molar-refractivity contribution in [2.45, 2.75) is 25.4 Å². The topological polar surface area (TPSA) is 77.1 Å². The number of halogens is 1. The Morgan fingerprint density at radius 1 is 1.28 bits per heavy atom. The highest BCUT2D eigenvalue weighted by molar-refractivity contribution is 6.36. The number of benzene rings is 1. The molecule has 7 nitrogen and oxygen atoms in total. The lowest BCUT2D eigenvalue weighted by Crippen LogP contribution is -2.55. The quantitative estimate of drug-likeness (QED) is 0.534. The molecule has 2 atom stereocenters. The van der Waals surface area contributed by atoms with E-state index in [2.05, 4.69) is 10.2 Å². The van der Waals surface area contributed by atoms with Crippen LogP contribution in [-0.2, 0) is 4.79 Å². The number of nitrogens with zero attached hydrogens (tertiary/aromatic N) is 1. The standard InChI is InChI=1S/C21H27ClN2O5/c1-12-9-13(23-7-6-8-24(2)3)10-16(25)21(12)20(26)17-14(27-4)11-15(28-5)18(22)19(17)29-21/h10-12,23H,6-9H2,1-5H3. The number of ketones is 2. The van der Waals surface area contributed by atoms with E-state index in [0.29, 0.717) is 12.2 Å². The molecule has 0 aromatic heterocycles. The second-order valence-corrected chi connectivity index (χ2v) is 8.07. The molecule has 0 saturated heterocycles. The molecule has 3 rings (SSSR count). The number of carbonyl (C=O) groups is 2. The van der Waals surface area contributed by atoms with Gasteiger partial charge in [0, 0.05) is 30.3 Å². The lowest BCUT2D eigenvalue weighted by Gasteiger charge is -2.35. The first-order valence-electron chi connectivity index (χ1n) is 9.58. The van der Waals surface area contributed by atoms with Gasteiger partial charge in [-0.3, -0.25) is 9.59 Å². The zero-order chi connectivity index (χ0) is 21.3. The number of nitrogens with one attached hydrogen (secondary N) is 1. The number of ether oxygens (including phenoxy) is 3. The summed E-state index contributed by atoms with van der Waals surface area (Å²) in [5.41, 5.74) is -0.621. The first kappa shape index (κ1) is 21.5. The van der Waals surface area contributed by atoms with E-state index in [9.17, 15) is 9.59 Å². The van der Waals surface area contributed by atoms with Crippen molar-refractivity contribution in [2.75, 3.05) is 41.4 Å². The van der Waals surface area contributed by atoms with Gasteiger partial charge in [0.05, 0.1) is 14.2 Å². The summed E-state index contributed by atoms with van der Waals surface area (Å²) in [6.45, 7) is 3.54. The third kappa shape index (κ3) is 3.57. The number of hydrogen-bond donors (Lipinski definition) is 1. The van der Waals surface area contributed by atoms with Gasteiger partial charge >= 0.3 is 0 Å². The Morgan fingerprint density at radius 3 is 2.55 bits per heavy atom. The Kier molecular flexibility index (Phi) is 6.10. The minimum absolute atomic E-state index is 0.142. The fourth-order valence-corrected chi connectivity index (χ4v) is 4.16. The Bertz CT molecular complexity index is 867. The van der Waals surface area contributed by atoms with Gasteiger partial charge < -0.3 is 24.4 Å². The summed E-state index contributed by atoms with van der Waals surface area (Å²) in [4.78, 5) is 28.6. The van der Waals surface area contributed by atoms with E-state index in [-0.39, 0.29) is 33.8 Å². The number of rotatable bonds is 7. The highest BCUT2D eigenvalue weighted by atomic mass is 35.5. The number of methoxy groups -OCH3 is 2. The first-order valence-corrected chi connectivity index (χ1v) is 9.95. The molecule has 1 heterocycles. The van der Waals surface area contributed by atoms with E-state index in [0.717, 1.165) is 25.2 Å². The maximum absolute atomic E-state index is 13.4. The molecule has 0 fully saturated rings. The van der Waals surface area contributed by atoms with Crippen LogP contribution in [-0.4, -0.2) is 63.5 Å². The summed E-state index contributed by atoms with van der Waals surface area (Å²) in [5, 5.41) is 3.47. The summed E-state index contributed by atoms with van der Waals surface area (Å²) in [6, 6.07) is 1.53. The van der Waals surface area contributed by atoms with Crippen molar-refractivity contribution in [3.8, 4) is 17.2 Å². The molecule has 1 aliphatic heterocycles. The van der Waals surface area contributed by atoms with Crippen LogP contribution >= 0.6 is 11.6 Å². The number of allylic oxidation sites excluding steroid dienone is 1. The van der Waals surface area contributed by atoms with Crippen LogP contribution in [0, 0.1) is 5.92 Å². The fourth-order valence-electron chi connectivity index (χ4n) is 3.90. The number of Topliss-reactive ketones (excluding diaryl/α,β-unsaturated/α-hetero) is 1. The van der Waals surface area contributed by atoms with Crippen molar-refractivity contribution in [3.63, 3.8) is 0 Å². The van der Waals surface area contributed by atoms with Crippen molar-refractivity contribution in [1.82, 2.24) is 10.2 Å². The van der Waals surface area contributed by atoms with Crippen LogP contribution in [0.5, 0.6) is 17.2 Å². The molecular weight excluding hydrogens is 396 g/mol. The maximum Gasteiger partial charge on any atom is 0.236 e.